The van der Waals surface area contributed by atoms with Gasteiger partial charge in [-0.15, -0.1) is 0 Å². The minimum atomic E-state index is -0.452. The molecule has 2 aliphatic rings. The predicted octanol–water partition coefficient (Wildman–Crippen LogP) is 3.97. The third-order valence-corrected chi connectivity index (χ3v) is 7.34. The second-order valence-corrected chi connectivity index (χ2v) is 9.25. The van der Waals surface area contributed by atoms with Crippen molar-refractivity contribution in [3.63, 3.8) is 0 Å². The molecule has 0 aliphatic carbocycles. The van der Waals surface area contributed by atoms with Gasteiger partial charge in [0.1, 0.15) is 17.4 Å². The van der Waals surface area contributed by atoms with Gasteiger partial charge in [0.05, 0.1) is 19.8 Å². The Labute approximate surface area is 186 Å². The number of likely N-dealkylation sites (tertiary alicyclic amines) is 1. The number of aromatic nitrogens is 1. The van der Waals surface area contributed by atoms with Gasteiger partial charge in [-0.05, 0) is 68.9 Å². The molecule has 0 bridgehead atoms. The number of aromatic amines is 1. The second kappa shape index (κ2) is 8.14. The number of piperidine rings is 1. The van der Waals surface area contributed by atoms with Crippen LogP contribution in [0, 0.1) is 11.6 Å². The maximum absolute atomic E-state index is 14.5. The Morgan fingerprint density at radius 1 is 1.16 bits per heavy atom. The van der Waals surface area contributed by atoms with Crippen molar-refractivity contribution in [3.05, 3.63) is 64.9 Å². The number of ether oxygens (including phenoxy) is 1. The molecular formula is C25H29F2N3O2. The first-order chi connectivity index (χ1) is 15.4. The summed E-state index contributed by atoms with van der Waals surface area (Å²) < 4.78 is 33.8. The molecule has 0 unspecified atom stereocenters. The second-order valence-electron chi connectivity index (χ2n) is 9.25. The van der Waals surface area contributed by atoms with Gasteiger partial charge in [-0.1, -0.05) is 0 Å². The Kier molecular flexibility index (Phi) is 5.43. The summed E-state index contributed by atoms with van der Waals surface area (Å²) in [6.45, 7) is 2.75. The number of aliphatic hydroxyl groups excluding tert-OH is 1. The van der Waals surface area contributed by atoms with E-state index >= 15 is 0 Å². The smallest absolute Gasteiger partial charge is 0.127 e. The van der Waals surface area contributed by atoms with Crippen molar-refractivity contribution in [2.75, 3.05) is 40.4 Å². The fourth-order valence-corrected chi connectivity index (χ4v) is 5.62. The molecule has 3 heterocycles. The molecule has 1 aromatic heterocycles. The van der Waals surface area contributed by atoms with Gasteiger partial charge < -0.3 is 19.7 Å². The largest absolute Gasteiger partial charge is 0.497 e. The lowest BCUT2D eigenvalue weighted by atomic mass is 9.68. The SMILES string of the molecule is COc1ccc2c3c([nH]c2c1)[C@H](CO)N(Cc1cc(F)ccc1F)CC31CCN(C)CC1. The van der Waals surface area contributed by atoms with Crippen molar-refractivity contribution in [2.24, 2.45) is 0 Å². The van der Waals surface area contributed by atoms with Crippen LogP contribution in [0.4, 0.5) is 8.78 Å². The molecule has 3 aromatic rings. The van der Waals surface area contributed by atoms with Crippen LogP contribution in [0.25, 0.3) is 10.9 Å². The first-order valence-electron chi connectivity index (χ1n) is 11.1. The number of benzene rings is 2. The molecule has 2 N–H and O–H groups in total. The highest BCUT2D eigenvalue weighted by molar-refractivity contribution is 5.87. The quantitative estimate of drug-likeness (QED) is 0.644. The number of rotatable bonds is 4. The van der Waals surface area contributed by atoms with E-state index in [4.69, 9.17) is 4.74 Å². The molecule has 0 radical (unpaired) electrons. The van der Waals surface area contributed by atoms with E-state index in [1.165, 1.54) is 17.7 Å². The number of halogens is 2. The number of methoxy groups -OCH3 is 1. The maximum Gasteiger partial charge on any atom is 0.127 e. The zero-order chi connectivity index (χ0) is 22.5. The monoisotopic (exact) mass is 441 g/mol. The lowest BCUT2D eigenvalue weighted by molar-refractivity contribution is 0.0467. The van der Waals surface area contributed by atoms with Crippen LogP contribution >= 0.6 is 0 Å². The average molecular weight is 442 g/mol. The summed E-state index contributed by atoms with van der Waals surface area (Å²) in [6.07, 6.45) is 1.94. The summed E-state index contributed by atoms with van der Waals surface area (Å²) in [5.41, 5.74) is 3.41. The van der Waals surface area contributed by atoms with E-state index in [9.17, 15) is 13.9 Å². The fraction of sp³-hybridized carbons (Fsp3) is 0.440. The molecule has 32 heavy (non-hydrogen) atoms. The highest BCUT2D eigenvalue weighted by Gasteiger charge is 2.47. The topological polar surface area (TPSA) is 51.7 Å². The molecule has 1 atom stereocenters. The summed E-state index contributed by atoms with van der Waals surface area (Å²) in [6, 6.07) is 9.31. The highest BCUT2D eigenvalue weighted by atomic mass is 19.1. The van der Waals surface area contributed by atoms with E-state index in [0.717, 1.165) is 54.3 Å². The van der Waals surface area contributed by atoms with Crippen LogP contribution in [-0.2, 0) is 12.0 Å². The molecule has 1 saturated heterocycles. The minimum absolute atomic E-state index is 0.107. The van der Waals surface area contributed by atoms with Crippen molar-refractivity contribution >= 4 is 10.9 Å². The summed E-state index contributed by atoms with van der Waals surface area (Å²) in [7, 11) is 3.78. The van der Waals surface area contributed by atoms with Crippen LogP contribution < -0.4 is 4.74 Å². The van der Waals surface area contributed by atoms with Crippen LogP contribution in [0.15, 0.2) is 36.4 Å². The number of nitrogens with zero attached hydrogens (tertiary/aromatic N) is 2. The van der Waals surface area contributed by atoms with Crippen LogP contribution in [0.1, 0.15) is 35.7 Å². The van der Waals surface area contributed by atoms with E-state index in [-0.39, 0.29) is 24.6 Å². The standard InChI is InChI=1S/C25H29F2N3O2/c1-29-9-7-25(8-10-29)15-30(13-16-11-17(26)3-6-20(16)27)22(14-31)24-23(25)19-5-4-18(32-2)12-21(19)28-24/h3-6,11-12,22,28,31H,7-10,13-15H2,1-2H3/t22-/m0/s1. The van der Waals surface area contributed by atoms with Gasteiger partial charge in [-0.25, -0.2) is 8.78 Å². The highest BCUT2D eigenvalue weighted by Crippen LogP contribution is 2.49. The Hall–Kier alpha value is -2.48. The van der Waals surface area contributed by atoms with Crippen molar-refractivity contribution in [1.29, 1.82) is 0 Å². The molecule has 170 valence electrons. The molecule has 1 spiro atoms. The number of hydrogen-bond acceptors (Lipinski definition) is 4. The van der Waals surface area contributed by atoms with Gasteiger partial charge in [-0.3, -0.25) is 4.90 Å². The van der Waals surface area contributed by atoms with Gasteiger partial charge in [0.15, 0.2) is 0 Å². The third-order valence-electron chi connectivity index (χ3n) is 7.34. The molecule has 1 fully saturated rings. The third kappa shape index (κ3) is 3.49. The van der Waals surface area contributed by atoms with E-state index in [0.29, 0.717) is 12.1 Å². The number of nitrogens with one attached hydrogen (secondary N) is 1. The van der Waals surface area contributed by atoms with Gasteiger partial charge in [-0.2, -0.15) is 0 Å². The van der Waals surface area contributed by atoms with Gasteiger partial charge in [0, 0.05) is 46.7 Å². The number of hydrogen-bond donors (Lipinski definition) is 2. The number of H-pyrrole nitrogens is 1. The molecule has 5 nitrogen and oxygen atoms in total. The Balaban J connectivity index is 1.64. The summed E-state index contributed by atoms with van der Waals surface area (Å²) in [4.78, 5) is 7.99. The molecule has 0 saturated carbocycles. The molecule has 2 aromatic carbocycles. The normalized spacial score (nSPS) is 21.2. The van der Waals surface area contributed by atoms with Gasteiger partial charge in [0.25, 0.3) is 0 Å². The van der Waals surface area contributed by atoms with Gasteiger partial charge in [0.2, 0.25) is 0 Å². The molecule has 5 rings (SSSR count). The first kappa shape index (κ1) is 21.4. The lowest BCUT2D eigenvalue weighted by Gasteiger charge is -2.50. The average Bonchev–Trinajstić information content (AvgIpc) is 3.18. The van der Waals surface area contributed by atoms with Crippen molar-refractivity contribution < 1.29 is 18.6 Å². The zero-order valence-corrected chi connectivity index (χ0v) is 18.5. The van der Waals surface area contributed by atoms with Crippen molar-refractivity contribution in [1.82, 2.24) is 14.8 Å². The number of fused-ring (bicyclic) bond motifs is 4. The van der Waals surface area contributed by atoms with E-state index < -0.39 is 11.6 Å². The lowest BCUT2D eigenvalue weighted by Crippen LogP contribution is -2.53. The molecule has 0 amide bonds. The molecular weight excluding hydrogens is 412 g/mol. The Morgan fingerprint density at radius 3 is 2.66 bits per heavy atom. The van der Waals surface area contributed by atoms with E-state index in [2.05, 4.69) is 27.9 Å². The number of aliphatic hydroxyl groups is 1. The Bertz CT molecular complexity index is 1140. The van der Waals surface area contributed by atoms with Crippen LogP contribution in [0.2, 0.25) is 0 Å². The summed E-state index contributed by atoms with van der Waals surface area (Å²) >= 11 is 0. The van der Waals surface area contributed by atoms with Crippen LogP contribution in [0.3, 0.4) is 0 Å². The van der Waals surface area contributed by atoms with E-state index in [1.807, 2.05) is 12.1 Å². The summed E-state index contributed by atoms with van der Waals surface area (Å²) in [5.74, 6) is -0.105. The predicted molar refractivity (Wildman–Crippen MR) is 120 cm³/mol. The minimum Gasteiger partial charge on any atom is -0.497 e. The zero-order valence-electron chi connectivity index (χ0n) is 18.5. The first-order valence-corrected chi connectivity index (χ1v) is 11.1. The van der Waals surface area contributed by atoms with Crippen molar-refractivity contribution in [2.45, 2.75) is 30.8 Å². The van der Waals surface area contributed by atoms with Gasteiger partial charge >= 0.3 is 0 Å². The Morgan fingerprint density at radius 2 is 1.94 bits per heavy atom. The fourth-order valence-electron chi connectivity index (χ4n) is 5.62. The molecule has 7 heteroatoms. The van der Waals surface area contributed by atoms with E-state index in [1.54, 1.807) is 7.11 Å². The molecule has 2 aliphatic heterocycles. The maximum atomic E-state index is 14.5. The van der Waals surface area contributed by atoms with Crippen LogP contribution in [-0.4, -0.2) is 60.3 Å². The van der Waals surface area contributed by atoms with Crippen molar-refractivity contribution in [3.8, 4) is 5.75 Å². The summed E-state index contributed by atoms with van der Waals surface area (Å²) in [5, 5.41) is 11.6. The van der Waals surface area contributed by atoms with Crippen LogP contribution in [0.5, 0.6) is 5.75 Å².